The Morgan fingerprint density at radius 2 is 2.40 bits per heavy atom. The zero-order valence-corrected chi connectivity index (χ0v) is 7.00. The van der Waals surface area contributed by atoms with Crippen molar-refractivity contribution in [3.8, 4) is 0 Å². The first-order chi connectivity index (χ1) is 4.75. The van der Waals surface area contributed by atoms with E-state index in [4.69, 9.17) is 5.73 Å². The van der Waals surface area contributed by atoms with E-state index in [1.807, 2.05) is 0 Å². The molecule has 0 aromatic carbocycles. The summed E-state index contributed by atoms with van der Waals surface area (Å²) < 4.78 is 7.60. The summed E-state index contributed by atoms with van der Waals surface area (Å²) in [6, 6.07) is 0. The van der Waals surface area contributed by atoms with Crippen molar-refractivity contribution in [3.63, 3.8) is 0 Å². The topological polar surface area (TPSA) is 80.9 Å². The molecule has 1 amide bonds. The van der Waals surface area contributed by atoms with Crippen LogP contribution in [0.25, 0.3) is 0 Å². The maximum atomic E-state index is 10.8. The van der Waals surface area contributed by atoms with Gasteiger partial charge in [0.25, 0.3) is 0 Å². The van der Waals surface area contributed by atoms with Gasteiger partial charge in [0.2, 0.25) is 0 Å². The minimum absolute atomic E-state index is 0.216. The van der Waals surface area contributed by atoms with Crippen LogP contribution in [0.1, 0.15) is 10.5 Å². The molecule has 0 aliphatic rings. The van der Waals surface area contributed by atoms with Crippen LogP contribution in [0.15, 0.2) is 0 Å². The van der Waals surface area contributed by atoms with Crippen LogP contribution in [0, 0.1) is 0 Å². The molecule has 0 fully saturated rings. The third kappa shape index (κ3) is 1.17. The predicted octanol–water partition coefficient (Wildman–Crippen LogP) is -1.52. The van der Waals surface area contributed by atoms with Gasteiger partial charge < -0.3 is 0 Å². The summed E-state index contributed by atoms with van der Waals surface area (Å²) in [6.45, 7) is 0. The van der Waals surface area contributed by atoms with Gasteiger partial charge in [-0.3, -0.25) is 0 Å². The number of nitrogen functional groups attached to an aromatic ring is 1. The molecule has 0 saturated heterocycles. The quantitative estimate of drug-likeness (QED) is 0.545. The van der Waals surface area contributed by atoms with Crippen molar-refractivity contribution in [1.29, 1.82) is 0 Å². The molecule has 1 rings (SSSR count). The van der Waals surface area contributed by atoms with Crippen molar-refractivity contribution in [2.75, 3.05) is 12.8 Å². The number of amides is 1. The average Bonchev–Trinajstić information content (AvgIpc) is 2.34. The number of carbonyl (C=O) groups is 1. The van der Waals surface area contributed by atoms with Crippen molar-refractivity contribution in [2.24, 2.45) is 0 Å². The second-order valence-electron chi connectivity index (χ2n) is 1.58. The van der Waals surface area contributed by atoms with Gasteiger partial charge in [0, 0.05) is 0 Å². The van der Waals surface area contributed by atoms with Gasteiger partial charge in [-0.2, -0.15) is 0 Å². The number of anilines is 1. The number of hydrogen-bond donors (Lipinski definition) is 2. The summed E-state index contributed by atoms with van der Waals surface area (Å²) in [7, 11) is 1.53. The SMILES string of the molecule is CNC(=O)c1n[se]nc1N. The molecule has 1 aromatic rings. The van der Waals surface area contributed by atoms with Crippen molar-refractivity contribution >= 4 is 26.7 Å². The molecular formula is C4H6N4OSe. The number of carbonyl (C=O) groups excluding carboxylic acids is 1. The predicted molar refractivity (Wildman–Crippen MR) is 36.8 cm³/mol. The molecule has 3 N–H and O–H groups in total. The molecule has 10 heavy (non-hydrogen) atoms. The fourth-order valence-electron chi connectivity index (χ4n) is 0.471. The van der Waals surface area contributed by atoms with E-state index in [2.05, 4.69) is 13.3 Å². The van der Waals surface area contributed by atoms with E-state index in [0.717, 1.165) is 0 Å². The number of nitrogens with one attached hydrogen (secondary N) is 1. The molecule has 0 saturated carbocycles. The van der Waals surface area contributed by atoms with Gasteiger partial charge in [0.05, 0.1) is 0 Å². The summed E-state index contributed by atoms with van der Waals surface area (Å²) in [6.07, 6.45) is 0. The van der Waals surface area contributed by atoms with Crippen LogP contribution in [0.4, 0.5) is 5.82 Å². The van der Waals surface area contributed by atoms with Gasteiger partial charge in [-0.05, 0) is 0 Å². The second kappa shape index (κ2) is 2.81. The van der Waals surface area contributed by atoms with E-state index in [0.29, 0.717) is 0 Å². The molecule has 0 bridgehead atoms. The number of rotatable bonds is 1. The van der Waals surface area contributed by atoms with Gasteiger partial charge in [-0.25, -0.2) is 0 Å². The summed E-state index contributed by atoms with van der Waals surface area (Å²) in [5.74, 6) is -0.0139. The van der Waals surface area contributed by atoms with Crippen LogP contribution in [0.5, 0.6) is 0 Å². The fourth-order valence-corrected chi connectivity index (χ4v) is 1.46. The monoisotopic (exact) mass is 206 g/mol. The molecule has 1 heterocycles. The van der Waals surface area contributed by atoms with E-state index in [1.165, 1.54) is 7.05 Å². The average molecular weight is 205 g/mol. The van der Waals surface area contributed by atoms with E-state index in [9.17, 15) is 4.79 Å². The van der Waals surface area contributed by atoms with Crippen LogP contribution in [0.3, 0.4) is 0 Å². The van der Waals surface area contributed by atoms with E-state index >= 15 is 0 Å². The Kier molecular flexibility index (Phi) is 2.03. The molecule has 6 heteroatoms. The number of aromatic nitrogens is 2. The zero-order valence-electron chi connectivity index (χ0n) is 5.29. The van der Waals surface area contributed by atoms with Gasteiger partial charge in [0.15, 0.2) is 0 Å². The van der Waals surface area contributed by atoms with Crippen molar-refractivity contribution in [2.45, 2.75) is 0 Å². The third-order valence-electron chi connectivity index (χ3n) is 0.956. The normalized spacial score (nSPS) is 9.30. The fraction of sp³-hybridized carbons (Fsp3) is 0.250. The molecule has 0 unspecified atom stereocenters. The van der Waals surface area contributed by atoms with E-state index < -0.39 is 0 Å². The maximum absolute atomic E-state index is 10.8. The Hall–Kier alpha value is -0.871. The zero-order chi connectivity index (χ0) is 7.56. The van der Waals surface area contributed by atoms with Crippen LogP contribution in [-0.2, 0) is 0 Å². The standard InChI is InChI=1S/C4H6N4OSe/c1-6-4(9)2-3(5)8-10-7-2/h1H3,(H2,5,8)(H,6,9). The Bertz CT molecular complexity index is 245. The third-order valence-corrected chi connectivity index (χ3v) is 2.09. The first-order valence-electron chi connectivity index (χ1n) is 2.56. The Balaban J connectivity index is 2.93. The van der Waals surface area contributed by atoms with Crippen LogP contribution < -0.4 is 11.1 Å². The number of nitrogens with zero attached hydrogens (tertiary/aromatic N) is 2. The Morgan fingerprint density at radius 3 is 2.80 bits per heavy atom. The first kappa shape index (κ1) is 7.24. The number of nitrogens with two attached hydrogens (primary N) is 1. The van der Waals surface area contributed by atoms with Gasteiger partial charge in [-0.1, -0.05) is 0 Å². The van der Waals surface area contributed by atoms with Gasteiger partial charge >= 0.3 is 63.2 Å². The molecule has 0 atom stereocenters. The molecule has 0 aliphatic heterocycles. The van der Waals surface area contributed by atoms with Crippen molar-refractivity contribution in [1.82, 2.24) is 13.3 Å². The molecular weight excluding hydrogens is 199 g/mol. The summed E-state index contributed by atoms with van der Waals surface area (Å²) >= 11 is -0.216. The number of hydrogen-bond acceptors (Lipinski definition) is 4. The molecule has 54 valence electrons. The van der Waals surface area contributed by atoms with Crippen molar-refractivity contribution < 1.29 is 4.79 Å². The first-order valence-corrected chi connectivity index (χ1v) is 4.09. The molecule has 5 nitrogen and oxygen atoms in total. The minimum atomic E-state index is -0.263. The second-order valence-corrected chi connectivity index (χ2v) is 2.69. The van der Waals surface area contributed by atoms with E-state index in [1.54, 1.807) is 0 Å². The van der Waals surface area contributed by atoms with Crippen LogP contribution in [0.2, 0.25) is 0 Å². The summed E-state index contributed by atoms with van der Waals surface area (Å²) in [5, 5.41) is 2.42. The molecule has 0 radical (unpaired) electrons. The van der Waals surface area contributed by atoms with Gasteiger partial charge in [0.1, 0.15) is 0 Å². The van der Waals surface area contributed by atoms with Crippen LogP contribution >= 0.6 is 0 Å². The molecule has 0 spiro atoms. The van der Waals surface area contributed by atoms with E-state index in [-0.39, 0.29) is 32.4 Å². The molecule has 1 aromatic heterocycles. The van der Waals surface area contributed by atoms with Crippen LogP contribution in [-0.4, -0.2) is 35.9 Å². The van der Waals surface area contributed by atoms with Crippen molar-refractivity contribution in [3.05, 3.63) is 5.69 Å². The Labute approximate surface area is 63.8 Å². The summed E-state index contributed by atoms with van der Waals surface area (Å²) in [5.41, 5.74) is 5.60. The summed E-state index contributed by atoms with van der Waals surface area (Å²) in [4.78, 5) is 10.8. The van der Waals surface area contributed by atoms with Gasteiger partial charge in [-0.15, -0.1) is 0 Å². The molecule has 0 aliphatic carbocycles. The Morgan fingerprint density at radius 1 is 1.70 bits per heavy atom.